The lowest BCUT2D eigenvalue weighted by molar-refractivity contribution is 1.06. The smallest absolute Gasteiger partial charge is 0.0444 e. The molecule has 0 N–H and O–H groups in total. The first-order valence-electron chi connectivity index (χ1n) is 9.40. The normalized spacial score (nSPS) is 12.4. The van der Waals surface area contributed by atoms with Gasteiger partial charge in [-0.2, -0.15) is 0 Å². The van der Waals surface area contributed by atoms with Gasteiger partial charge in [-0.05, 0) is 57.6 Å². The monoisotopic (exact) mass is 347 g/mol. The van der Waals surface area contributed by atoms with E-state index in [-0.39, 0.29) is 0 Å². The second-order valence-electron chi connectivity index (χ2n) is 7.15. The molecule has 0 saturated heterocycles. The Bertz CT molecular complexity index is 1010. The first kappa shape index (κ1) is 15.9. The summed E-state index contributed by atoms with van der Waals surface area (Å²) in [6, 6.07) is 34.9. The Morgan fingerprint density at radius 2 is 0.963 bits per heavy atom. The Kier molecular flexibility index (Phi) is 3.79. The Morgan fingerprint density at radius 1 is 0.519 bits per heavy atom. The van der Waals surface area contributed by atoms with Crippen molar-refractivity contribution in [1.29, 1.82) is 0 Å². The fourth-order valence-corrected chi connectivity index (χ4v) is 4.06. The van der Waals surface area contributed by atoms with E-state index in [1.165, 1.54) is 44.8 Å². The number of hydrogen-bond donors (Lipinski definition) is 0. The molecule has 27 heavy (non-hydrogen) atoms. The summed E-state index contributed by atoms with van der Waals surface area (Å²) in [7, 11) is 2.17. The quantitative estimate of drug-likeness (QED) is 0.390. The lowest BCUT2D eigenvalue weighted by atomic mass is 9.91. The van der Waals surface area contributed by atoms with Gasteiger partial charge in [0.2, 0.25) is 0 Å². The van der Waals surface area contributed by atoms with E-state index < -0.39 is 0 Å². The summed E-state index contributed by atoms with van der Waals surface area (Å²) in [5.41, 5.74) is 10.5. The molecule has 1 aliphatic heterocycles. The van der Waals surface area contributed by atoms with Crippen molar-refractivity contribution in [2.45, 2.75) is 6.42 Å². The number of hydrogen-bond acceptors (Lipinski definition) is 1. The third-order valence-electron chi connectivity index (χ3n) is 5.48. The van der Waals surface area contributed by atoms with Crippen LogP contribution in [0.1, 0.15) is 11.1 Å². The van der Waals surface area contributed by atoms with Gasteiger partial charge in [-0.3, -0.25) is 0 Å². The third-order valence-corrected chi connectivity index (χ3v) is 5.48. The molecule has 0 saturated carbocycles. The van der Waals surface area contributed by atoms with Crippen molar-refractivity contribution in [1.82, 2.24) is 0 Å². The van der Waals surface area contributed by atoms with Crippen molar-refractivity contribution in [3.05, 3.63) is 108 Å². The minimum absolute atomic E-state index is 0.969. The SMILES string of the molecule is CN1c2ccc(-c3ccccc3)cc2Cc2cc(-c3ccccc3)ccc21. The van der Waals surface area contributed by atoms with Crippen molar-refractivity contribution in [3.63, 3.8) is 0 Å². The Hall–Kier alpha value is -3.32. The molecule has 1 heterocycles. The second kappa shape index (κ2) is 6.44. The molecule has 0 unspecified atom stereocenters. The van der Waals surface area contributed by atoms with Crippen molar-refractivity contribution in [2.24, 2.45) is 0 Å². The maximum Gasteiger partial charge on any atom is 0.0444 e. The van der Waals surface area contributed by atoms with Crippen LogP contribution in [-0.2, 0) is 6.42 Å². The number of benzene rings is 4. The molecule has 4 aromatic carbocycles. The molecule has 0 atom stereocenters. The molecular weight excluding hydrogens is 326 g/mol. The van der Waals surface area contributed by atoms with E-state index in [4.69, 9.17) is 0 Å². The molecule has 0 bridgehead atoms. The minimum atomic E-state index is 0.969. The van der Waals surface area contributed by atoms with E-state index in [0.29, 0.717) is 0 Å². The first-order chi connectivity index (χ1) is 13.3. The van der Waals surface area contributed by atoms with Crippen LogP contribution in [0.4, 0.5) is 11.4 Å². The zero-order valence-electron chi connectivity index (χ0n) is 15.4. The van der Waals surface area contributed by atoms with E-state index in [1.54, 1.807) is 0 Å². The summed E-state index contributed by atoms with van der Waals surface area (Å²) in [4.78, 5) is 2.32. The summed E-state index contributed by atoms with van der Waals surface area (Å²) < 4.78 is 0. The zero-order valence-corrected chi connectivity index (χ0v) is 15.4. The molecule has 0 aliphatic carbocycles. The molecule has 1 aliphatic rings. The van der Waals surface area contributed by atoms with Gasteiger partial charge in [-0.25, -0.2) is 0 Å². The second-order valence-corrected chi connectivity index (χ2v) is 7.15. The fraction of sp³-hybridized carbons (Fsp3) is 0.0769. The summed E-state index contributed by atoms with van der Waals surface area (Å²) in [6.07, 6.45) is 0.969. The standard InChI is InChI=1S/C26H21N/c1-27-25-14-12-21(19-8-4-2-5-9-19)16-23(25)18-24-17-22(13-15-26(24)27)20-10-6-3-7-11-20/h2-17H,18H2,1H3. The summed E-state index contributed by atoms with van der Waals surface area (Å²) in [5.74, 6) is 0. The molecule has 0 fully saturated rings. The summed E-state index contributed by atoms with van der Waals surface area (Å²) in [6.45, 7) is 0. The largest absolute Gasteiger partial charge is 0.344 e. The van der Waals surface area contributed by atoms with Crippen molar-refractivity contribution >= 4 is 11.4 Å². The van der Waals surface area contributed by atoms with E-state index >= 15 is 0 Å². The Balaban J connectivity index is 1.57. The molecule has 1 heteroatoms. The molecular formula is C26H21N. The molecule has 0 spiro atoms. The van der Waals surface area contributed by atoms with Gasteiger partial charge in [0.1, 0.15) is 0 Å². The molecule has 0 radical (unpaired) electrons. The molecule has 4 aromatic rings. The van der Waals surface area contributed by atoms with Crippen molar-refractivity contribution in [3.8, 4) is 22.3 Å². The first-order valence-corrected chi connectivity index (χ1v) is 9.40. The molecule has 130 valence electrons. The van der Waals surface area contributed by atoms with Crippen LogP contribution in [0.25, 0.3) is 22.3 Å². The van der Waals surface area contributed by atoms with Gasteiger partial charge >= 0.3 is 0 Å². The lowest BCUT2D eigenvalue weighted by Crippen LogP contribution is -2.18. The van der Waals surface area contributed by atoms with Gasteiger partial charge in [-0.15, -0.1) is 0 Å². The molecule has 5 rings (SSSR count). The Morgan fingerprint density at radius 3 is 1.41 bits per heavy atom. The maximum absolute atomic E-state index is 2.35. The van der Waals surface area contributed by atoms with Gasteiger partial charge in [-0.1, -0.05) is 72.8 Å². The fourth-order valence-electron chi connectivity index (χ4n) is 4.06. The third kappa shape index (κ3) is 2.82. The van der Waals surface area contributed by atoms with Crippen LogP contribution in [0.2, 0.25) is 0 Å². The van der Waals surface area contributed by atoms with E-state index in [0.717, 1.165) is 6.42 Å². The average Bonchev–Trinajstić information content (AvgIpc) is 2.74. The predicted octanol–water partition coefficient (Wildman–Crippen LogP) is 6.69. The highest BCUT2D eigenvalue weighted by Gasteiger charge is 2.20. The highest BCUT2D eigenvalue weighted by atomic mass is 15.1. The zero-order chi connectivity index (χ0) is 18.2. The van der Waals surface area contributed by atoms with Crippen molar-refractivity contribution < 1.29 is 0 Å². The van der Waals surface area contributed by atoms with E-state index in [9.17, 15) is 0 Å². The van der Waals surface area contributed by atoms with Crippen LogP contribution >= 0.6 is 0 Å². The van der Waals surface area contributed by atoms with Gasteiger partial charge in [0.05, 0.1) is 0 Å². The highest BCUT2D eigenvalue weighted by molar-refractivity contribution is 5.80. The molecule has 0 aromatic heterocycles. The molecule has 0 amide bonds. The van der Waals surface area contributed by atoms with Crippen LogP contribution in [0.3, 0.4) is 0 Å². The van der Waals surface area contributed by atoms with E-state index in [1.807, 2.05) is 0 Å². The van der Waals surface area contributed by atoms with Gasteiger partial charge in [0.25, 0.3) is 0 Å². The van der Waals surface area contributed by atoms with Gasteiger partial charge in [0, 0.05) is 24.8 Å². The number of nitrogens with zero attached hydrogens (tertiary/aromatic N) is 1. The lowest BCUT2D eigenvalue weighted by Gasteiger charge is -2.31. The maximum atomic E-state index is 2.35. The molecule has 1 nitrogen and oxygen atoms in total. The van der Waals surface area contributed by atoms with Crippen LogP contribution in [-0.4, -0.2) is 7.05 Å². The van der Waals surface area contributed by atoms with E-state index in [2.05, 4.69) is 109 Å². The van der Waals surface area contributed by atoms with Gasteiger partial charge in [0.15, 0.2) is 0 Å². The topological polar surface area (TPSA) is 3.24 Å². The predicted molar refractivity (Wildman–Crippen MR) is 115 cm³/mol. The number of rotatable bonds is 2. The van der Waals surface area contributed by atoms with Crippen LogP contribution < -0.4 is 4.90 Å². The summed E-state index contributed by atoms with van der Waals surface area (Å²) >= 11 is 0. The van der Waals surface area contributed by atoms with Crippen LogP contribution in [0, 0.1) is 0 Å². The number of fused-ring (bicyclic) bond motifs is 2. The van der Waals surface area contributed by atoms with Crippen LogP contribution in [0.15, 0.2) is 97.1 Å². The van der Waals surface area contributed by atoms with Crippen molar-refractivity contribution in [2.75, 3.05) is 11.9 Å². The minimum Gasteiger partial charge on any atom is -0.344 e. The summed E-state index contributed by atoms with van der Waals surface area (Å²) in [5, 5.41) is 0. The average molecular weight is 347 g/mol. The Labute approximate surface area is 160 Å². The number of anilines is 2. The van der Waals surface area contributed by atoms with Crippen LogP contribution in [0.5, 0.6) is 0 Å². The highest BCUT2D eigenvalue weighted by Crippen LogP contribution is 2.40. The van der Waals surface area contributed by atoms with Gasteiger partial charge < -0.3 is 4.90 Å².